The largest absolute Gasteiger partial charge is 0.466 e. The summed E-state index contributed by atoms with van der Waals surface area (Å²) in [6.45, 7) is 11.2. The molecule has 0 spiro atoms. The number of nitrogens with zero attached hydrogens (tertiary/aromatic N) is 2. The fourth-order valence-electron chi connectivity index (χ4n) is 5.15. The number of hydrogen-bond donors (Lipinski definition) is 1. The van der Waals surface area contributed by atoms with E-state index in [1.807, 2.05) is 6.92 Å². The SMILES string of the molecule is CCOC(=O)CC[C@@]1(C)O[C@@H]2[C@@H](O1)[C@@H](CO)O[C@H]2n1cc(F)c(=O)n(C/C=C(\C)CC/C=C(\C)CCC=C(C)C)c1=O. The normalized spacial score (nSPS) is 25.9. The lowest BCUT2D eigenvalue weighted by molar-refractivity contribution is -0.215. The molecule has 1 aromatic heterocycles. The number of allylic oxidation sites excluding steroid dienone is 6. The number of ether oxygens (including phenoxy) is 4. The van der Waals surface area contributed by atoms with Crippen molar-refractivity contribution in [2.24, 2.45) is 0 Å². The summed E-state index contributed by atoms with van der Waals surface area (Å²) in [4.78, 5) is 37.9. The second kappa shape index (κ2) is 15.0. The highest BCUT2D eigenvalue weighted by Crippen LogP contribution is 2.44. The Labute approximate surface area is 246 Å². The van der Waals surface area contributed by atoms with Crippen molar-refractivity contribution in [1.29, 1.82) is 0 Å². The van der Waals surface area contributed by atoms with E-state index in [2.05, 4.69) is 32.9 Å². The van der Waals surface area contributed by atoms with Gasteiger partial charge in [-0.3, -0.25) is 18.7 Å². The van der Waals surface area contributed by atoms with Crippen molar-refractivity contribution in [2.75, 3.05) is 13.2 Å². The number of halogens is 1. The van der Waals surface area contributed by atoms with Gasteiger partial charge in [0, 0.05) is 13.0 Å². The fourth-order valence-corrected chi connectivity index (χ4v) is 5.15. The van der Waals surface area contributed by atoms with Crippen LogP contribution in [-0.4, -0.2) is 57.5 Å². The Morgan fingerprint density at radius 2 is 1.69 bits per heavy atom. The number of aromatic nitrogens is 2. The smallest absolute Gasteiger partial charge is 0.333 e. The minimum atomic E-state index is -1.22. The molecule has 1 N–H and O–H groups in total. The first-order valence-corrected chi connectivity index (χ1v) is 14.6. The molecule has 234 valence electrons. The summed E-state index contributed by atoms with van der Waals surface area (Å²) in [5, 5.41) is 9.91. The third-order valence-corrected chi connectivity index (χ3v) is 7.50. The maximum Gasteiger partial charge on any atom is 0.333 e. The van der Waals surface area contributed by atoms with Crippen molar-refractivity contribution in [3.8, 4) is 0 Å². The van der Waals surface area contributed by atoms with E-state index in [0.717, 1.165) is 46.6 Å². The van der Waals surface area contributed by atoms with Crippen LogP contribution < -0.4 is 11.2 Å². The van der Waals surface area contributed by atoms with E-state index in [9.17, 15) is 23.9 Å². The molecule has 3 heterocycles. The molecule has 2 aliphatic rings. The number of hydrogen-bond acceptors (Lipinski definition) is 8. The molecule has 2 aliphatic heterocycles. The quantitative estimate of drug-likeness (QED) is 0.251. The Morgan fingerprint density at radius 1 is 1.05 bits per heavy atom. The molecule has 3 rings (SSSR count). The fraction of sp³-hybridized carbons (Fsp3) is 0.645. The minimum Gasteiger partial charge on any atom is -0.466 e. The van der Waals surface area contributed by atoms with Crippen LogP contribution in [0.3, 0.4) is 0 Å². The first kappa shape index (κ1) is 33.6. The summed E-state index contributed by atoms with van der Waals surface area (Å²) in [6, 6.07) is 0. The van der Waals surface area contributed by atoms with Gasteiger partial charge in [-0.2, -0.15) is 4.39 Å². The molecule has 2 fully saturated rings. The van der Waals surface area contributed by atoms with Crippen molar-refractivity contribution in [3.05, 3.63) is 67.8 Å². The molecule has 0 unspecified atom stereocenters. The van der Waals surface area contributed by atoms with Crippen LogP contribution in [0.4, 0.5) is 4.39 Å². The van der Waals surface area contributed by atoms with Crippen LogP contribution in [0.5, 0.6) is 0 Å². The molecule has 0 aromatic carbocycles. The van der Waals surface area contributed by atoms with Crippen LogP contribution in [0.25, 0.3) is 0 Å². The molecule has 1 aromatic rings. The zero-order chi connectivity index (χ0) is 31.0. The Morgan fingerprint density at radius 3 is 2.33 bits per heavy atom. The van der Waals surface area contributed by atoms with E-state index in [-0.39, 0.29) is 26.0 Å². The lowest BCUT2D eigenvalue weighted by atomic mass is 10.1. The number of rotatable bonds is 14. The Kier molecular flexibility index (Phi) is 12.0. The lowest BCUT2D eigenvalue weighted by Crippen LogP contribution is -2.44. The predicted molar refractivity (Wildman–Crippen MR) is 155 cm³/mol. The van der Waals surface area contributed by atoms with E-state index in [0.29, 0.717) is 0 Å². The standard InChI is InChI=1S/C31H45FN2O8/c1-7-39-25(36)14-16-31(6)41-26-24(19-35)40-29(27(26)42-31)34-18-23(32)28(37)33(30(34)38)17-15-22(5)13-9-12-21(4)11-8-10-20(2)3/h10,12,15,18,24,26-27,29,35H,7-9,11,13-14,16-17,19H2,1-6H3/b21-12+,22-15+/t24-,26+,27-,29-,31-/m1/s1. The topological polar surface area (TPSA) is 118 Å². The van der Waals surface area contributed by atoms with Crippen molar-refractivity contribution in [2.45, 2.75) is 117 Å². The average molecular weight is 593 g/mol. The van der Waals surface area contributed by atoms with Gasteiger partial charge in [0.1, 0.15) is 18.3 Å². The van der Waals surface area contributed by atoms with Gasteiger partial charge in [-0.05, 0) is 67.2 Å². The monoisotopic (exact) mass is 592 g/mol. The summed E-state index contributed by atoms with van der Waals surface area (Å²) in [6.07, 6.45) is 7.03. The number of carbonyl (C=O) groups is 1. The van der Waals surface area contributed by atoms with Crippen LogP contribution in [0.15, 0.2) is 50.7 Å². The summed E-state index contributed by atoms with van der Waals surface area (Å²) in [7, 11) is 0. The van der Waals surface area contributed by atoms with Crippen molar-refractivity contribution in [1.82, 2.24) is 9.13 Å². The van der Waals surface area contributed by atoms with Crippen molar-refractivity contribution < 1.29 is 33.2 Å². The molecule has 0 bridgehead atoms. The maximum absolute atomic E-state index is 14.8. The third kappa shape index (κ3) is 8.59. The van der Waals surface area contributed by atoms with Gasteiger partial charge < -0.3 is 24.1 Å². The lowest BCUT2D eigenvalue weighted by Gasteiger charge is -2.27. The van der Waals surface area contributed by atoms with Gasteiger partial charge in [-0.25, -0.2) is 4.79 Å². The van der Waals surface area contributed by atoms with Gasteiger partial charge in [0.05, 0.1) is 25.8 Å². The highest BCUT2D eigenvalue weighted by atomic mass is 19.1. The van der Waals surface area contributed by atoms with E-state index >= 15 is 0 Å². The third-order valence-electron chi connectivity index (χ3n) is 7.50. The Bertz CT molecular complexity index is 1310. The number of aliphatic hydroxyl groups is 1. The first-order chi connectivity index (χ1) is 19.9. The number of carbonyl (C=O) groups excluding carboxylic acids is 1. The molecule has 11 heteroatoms. The molecular weight excluding hydrogens is 547 g/mol. The Balaban J connectivity index is 1.75. The Hall–Kier alpha value is -2.86. The van der Waals surface area contributed by atoms with Gasteiger partial charge in [-0.1, -0.05) is 34.9 Å². The molecule has 2 saturated heterocycles. The summed E-state index contributed by atoms with van der Waals surface area (Å²) in [5.74, 6) is -2.74. The van der Waals surface area contributed by atoms with Crippen LogP contribution in [0, 0.1) is 5.82 Å². The number of fused-ring (bicyclic) bond motifs is 1. The number of aliphatic hydroxyl groups excluding tert-OH is 1. The van der Waals surface area contributed by atoms with Crippen molar-refractivity contribution >= 4 is 5.97 Å². The van der Waals surface area contributed by atoms with Gasteiger partial charge in [0.15, 0.2) is 12.0 Å². The zero-order valence-corrected chi connectivity index (χ0v) is 25.6. The molecule has 0 aliphatic carbocycles. The zero-order valence-electron chi connectivity index (χ0n) is 25.6. The van der Waals surface area contributed by atoms with Gasteiger partial charge >= 0.3 is 11.7 Å². The average Bonchev–Trinajstić information content (AvgIpc) is 3.44. The van der Waals surface area contributed by atoms with Gasteiger partial charge in [-0.15, -0.1) is 0 Å². The maximum atomic E-state index is 14.8. The minimum absolute atomic E-state index is 0.0372. The highest BCUT2D eigenvalue weighted by molar-refractivity contribution is 5.69. The number of esters is 1. The highest BCUT2D eigenvalue weighted by Gasteiger charge is 2.57. The van der Waals surface area contributed by atoms with E-state index in [4.69, 9.17) is 18.9 Å². The molecule has 0 saturated carbocycles. The summed E-state index contributed by atoms with van der Waals surface area (Å²) >= 11 is 0. The van der Waals surface area contributed by atoms with E-state index in [1.165, 1.54) is 11.1 Å². The first-order valence-electron chi connectivity index (χ1n) is 14.6. The van der Waals surface area contributed by atoms with Crippen molar-refractivity contribution in [3.63, 3.8) is 0 Å². The summed E-state index contributed by atoms with van der Waals surface area (Å²) < 4.78 is 39.6. The predicted octanol–water partition coefficient (Wildman–Crippen LogP) is 4.30. The van der Waals surface area contributed by atoms with Crippen LogP contribution >= 0.6 is 0 Å². The molecule has 5 atom stereocenters. The molecule has 10 nitrogen and oxygen atoms in total. The van der Waals surface area contributed by atoms with Crippen LogP contribution in [-0.2, 0) is 30.3 Å². The van der Waals surface area contributed by atoms with Gasteiger partial charge in [0.2, 0.25) is 5.82 Å². The van der Waals surface area contributed by atoms with E-state index in [1.54, 1.807) is 19.9 Å². The second-order valence-electron chi connectivity index (χ2n) is 11.4. The van der Waals surface area contributed by atoms with Gasteiger partial charge in [0.25, 0.3) is 5.56 Å². The summed E-state index contributed by atoms with van der Waals surface area (Å²) in [5.41, 5.74) is 1.76. The van der Waals surface area contributed by atoms with Crippen LogP contribution in [0.2, 0.25) is 0 Å². The van der Waals surface area contributed by atoms with Crippen LogP contribution in [0.1, 0.15) is 86.3 Å². The van der Waals surface area contributed by atoms with E-state index < -0.39 is 60.0 Å². The molecule has 0 amide bonds. The molecule has 0 radical (unpaired) electrons. The molecular formula is C31H45FN2O8. The molecule has 42 heavy (non-hydrogen) atoms. The second-order valence-corrected chi connectivity index (χ2v) is 11.4.